The van der Waals surface area contributed by atoms with Crippen LogP contribution in [0.4, 0.5) is 0 Å². The number of hydrogen-bond acceptors (Lipinski definition) is 3. The van der Waals surface area contributed by atoms with E-state index in [4.69, 9.17) is 0 Å². The van der Waals surface area contributed by atoms with Crippen LogP contribution in [-0.2, 0) is 14.3 Å². The highest BCUT2D eigenvalue weighted by Crippen LogP contribution is 2.25. The largest absolute Gasteiger partial charge is 0.468 e. The summed E-state index contributed by atoms with van der Waals surface area (Å²) in [5.74, 6) is 0.809. The van der Waals surface area contributed by atoms with Crippen LogP contribution in [0, 0.1) is 5.92 Å². The van der Waals surface area contributed by atoms with E-state index in [0.717, 1.165) is 6.42 Å². The zero-order valence-electron chi connectivity index (χ0n) is 5.71. The molecule has 56 valence electrons. The Kier molecular flexibility index (Phi) is 2.42. The zero-order chi connectivity index (χ0) is 7.40. The summed E-state index contributed by atoms with van der Waals surface area (Å²) in [7, 11) is 0. The Morgan fingerprint density at radius 2 is 2.30 bits per heavy atom. The lowest BCUT2D eigenvalue weighted by Crippen LogP contribution is -2.24. The SMILES string of the molecule is O=COCCC1CC(=O)C1. The lowest BCUT2D eigenvalue weighted by atomic mass is 9.82. The second-order valence-corrected chi connectivity index (χ2v) is 2.57. The minimum atomic E-state index is 0.330. The third kappa shape index (κ3) is 1.83. The molecule has 0 aromatic heterocycles. The molecule has 3 nitrogen and oxygen atoms in total. The van der Waals surface area contributed by atoms with Crippen molar-refractivity contribution >= 4 is 12.3 Å². The molecule has 0 aliphatic heterocycles. The summed E-state index contributed by atoms with van der Waals surface area (Å²) in [4.78, 5) is 20.1. The molecule has 10 heavy (non-hydrogen) atoms. The number of ketones is 1. The van der Waals surface area contributed by atoms with Gasteiger partial charge in [-0.05, 0) is 12.3 Å². The molecule has 0 aromatic carbocycles. The van der Waals surface area contributed by atoms with Crippen molar-refractivity contribution in [3.63, 3.8) is 0 Å². The van der Waals surface area contributed by atoms with Crippen molar-refractivity contribution in [2.75, 3.05) is 6.61 Å². The molecule has 0 atom stereocenters. The summed E-state index contributed by atoms with van der Waals surface area (Å²) in [5.41, 5.74) is 0. The normalized spacial score (nSPS) is 18.2. The molecule has 0 saturated heterocycles. The van der Waals surface area contributed by atoms with E-state index < -0.39 is 0 Å². The number of ether oxygens (including phenoxy) is 1. The van der Waals surface area contributed by atoms with E-state index >= 15 is 0 Å². The van der Waals surface area contributed by atoms with Gasteiger partial charge in [0, 0.05) is 12.8 Å². The van der Waals surface area contributed by atoms with Gasteiger partial charge in [-0.2, -0.15) is 0 Å². The molecule has 0 amide bonds. The molecular weight excluding hydrogens is 132 g/mol. The average molecular weight is 142 g/mol. The van der Waals surface area contributed by atoms with Crippen LogP contribution in [0.2, 0.25) is 0 Å². The Labute approximate surface area is 59.4 Å². The molecule has 1 saturated carbocycles. The number of carbonyl (C=O) groups is 2. The topological polar surface area (TPSA) is 43.4 Å². The van der Waals surface area contributed by atoms with Crippen LogP contribution >= 0.6 is 0 Å². The molecule has 0 N–H and O–H groups in total. The van der Waals surface area contributed by atoms with Gasteiger partial charge >= 0.3 is 0 Å². The smallest absolute Gasteiger partial charge is 0.293 e. The van der Waals surface area contributed by atoms with Crippen molar-refractivity contribution in [3.8, 4) is 0 Å². The third-order valence-electron chi connectivity index (χ3n) is 1.74. The molecule has 3 heteroatoms. The van der Waals surface area contributed by atoms with Crippen LogP contribution in [0.15, 0.2) is 0 Å². The fraction of sp³-hybridized carbons (Fsp3) is 0.714. The lowest BCUT2D eigenvalue weighted by Gasteiger charge is -2.22. The van der Waals surface area contributed by atoms with E-state index in [1.165, 1.54) is 0 Å². The van der Waals surface area contributed by atoms with Crippen molar-refractivity contribution in [2.45, 2.75) is 19.3 Å². The van der Waals surface area contributed by atoms with Gasteiger partial charge in [-0.25, -0.2) is 0 Å². The Morgan fingerprint density at radius 1 is 1.60 bits per heavy atom. The fourth-order valence-corrected chi connectivity index (χ4v) is 1.07. The van der Waals surface area contributed by atoms with Crippen molar-refractivity contribution in [1.29, 1.82) is 0 Å². The first-order valence-electron chi connectivity index (χ1n) is 3.40. The van der Waals surface area contributed by atoms with Gasteiger partial charge in [0.05, 0.1) is 6.61 Å². The van der Waals surface area contributed by atoms with E-state index in [1.807, 2.05) is 0 Å². The Balaban J connectivity index is 1.95. The molecule has 0 radical (unpaired) electrons. The van der Waals surface area contributed by atoms with E-state index in [-0.39, 0.29) is 0 Å². The van der Waals surface area contributed by atoms with Crippen molar-refractivity contribution in [2.24, 2.45) is 5.92 Å². The first-order valence-corrected chi connectivity index (χ1v) is 3.40. The van der Waals surface area contributed by atoms with Crippen LogP contribution in [-0.4, -0.2) is 18.9 Å². The summed E-state index contributed by atoms with van der Waals surface area (Å²) >= 11 is 0. The highest BCUT2D eigenvalue weighted by atomic mass is 16.5. The van der Waals surface area contributed by atoms with Crippen LogP contribution in [0.25, 0.3) is 0 Å². The first kappa shape index (κ1) is 7.25. The predicted octanol–water partition coefficient (Wildman–Crippen LogP) is 0.529. The monoisotopic (exact) mass is 142 g/mol. The van der Waals surface area contributed by atoms with Gasteiger partial charge < -0.3 is 4.74 Å². The minimum absolute atomic E-state index is 0.330. The van der Waals surface area contributed by atoms with Crippen LogP contribution in [0.5, 0.6) is 0 Å². The Hall–Kier alpha value is -0.860. The molecule has 1 aliphatic carbocycles. The summed E-state index contributed by atoms with van der Waals surface area (Å²) in [5, 5.41) is 0. The van der Waals surface area contributed by atoms with Crippen molar-refractivity contribution in [3.05, 3.63) is 0 Å². The van der Waals surface area contributed by atoms with Gasteiger partial charge in [0.2, 0.25) is 0 Å². The molecule has 1 fully saturated rings. The summed E-state index contributed by atoms with van der Waals surface area (Å²) in [6, 6.07) is 0. The van der Waals surface area contributed by atoms with Crippen molar-refractivity contribution in [1.82, 2.24) is 0 Å². The molecule has 1 aliphatic rings. The molecule has 0 unspecified atom stereocenters. The second kappa shape index (κ2) is 3.34. The lowest BCUT2D eigenvalue weighted by molar-refractivity contribution is -0.130. The maximum Gasteiger partial charge on any atom is 0.293 e. The minimum Gasteiger partial charge on any atom is -0.468 e. The van der Waals surface area contributed by atoms with E-state index in [9.17, 15) is 9.59 Å². The Morgan fingerprint density at radius 3 is 2.80 bits per heavy atom. The summed E-state index contributed by atoms with van der Waals surface area (Å²) < 4.78 is 4.48. The quantitative estimate of drug-likeness (QED) is 0.424. The standard InChI is InChI=1S/C7H10O3/c8-5-10-2-1-6-3-7(9)4-6/h5-6H,1-4H2. The molecule has 0 aromatic rings. The molecule has 0 bridgehead atoms. The van der Waals surface area contributed by atoms with Gasteiger partial charge in [-0.15, -0.1) is 0 Å². The van der Waals surface area contributed by atoms with E-state index in [1.54, 1.807) is 0 Å². The number of hydrogen-bond donors (Lipinski definition) is 0. The second-order valence-electron chi connectivity index (χ2n) is 2.57. The average Bonchev–Trinajstić information content (AvgIpc) is 1.85. The molecule has 0 heterocycles. The summed E-state index contributed by atoms with van der Waals surface area (Å²) in [6.45, 7) is 0.905. The fourth-order valence-electron chi connectivity index (χ4n) is 1.07. The van der Waals surface area contributed by atoms with Gasteiger partial charge in [0.25, 0.3) is 6.47 Å². The van der Waals surface area contributed by atoms with Gasteiger partial charge in [0.1, 0.15) is 5.78 Å². The number of rotatable bonds is 4. The van der Waals surface area contributed by atoms with Crippen molar-refractivity contribution < 1.29 is 14.3 Å². The third-order valence-corrected chi connectivity index (χ3v) is 1.74. The van der Waals surface area contributed by atoms with E-state index in [0.29, 0.717) is 37.6 Å². The predicted molar refractivity (Wildman–Crippen MR) is 34.4 cm³/mol. The zero-order valence-corrected chi connectivity index (χ0v) is 5.71. The van der Waals surface area contributed by atoms with Crippen LogP contribution in [0.1, 0.15) is 19.3 Å². The summed E-state index contributed by atoms with van der Waals surface area (Å²) in [6.07, 6.45) is 2.20. The maximum absolute atomic E-state index is 10.4. The first-order chi connectivity index (χ1) is 4.83. The molecule has 0 spiro atoms. The highest BCUT2D eigenvalue weighted by Gasteiger charge is 2.25. The number of carbonyl (C=O) groups excluding carboxylic acids is 2. The molecular formula is C7H10O3. The van der Waals surface area contributed by atoms with Crippen LogP contribution < -0.4 is 0 Å². The molecule has 1 rings (SSSR count). The van der Waals surface area contributed by atoms with Gasteiger partial charge in [0.15, 0.2) is 0 Å². The Bertz CT molecular complexity index is 134. The maximum atomic E-state index is 10.4. The highest BCUT2D eigenvalue weighted by molar-refractivity contribution is 5.84. The van der Waals surface area contributed by atoms with Crippen LogP contribution in [0.3, 0.4) is 0 Å². The van der Waals surface area contributed by atoms with Gasteiger partial charge in [-0.1, -0.05) is 0 Å². The van der Waals surface area contributed by atoms with Gasteiger partial charge in [-0.3, -0.25) is 9.59 Å². The number of Topliss-reactive ketones (excluding diaryl/α,β-unsaturated/α-hetero) is 1. The van der Waals surface area contributed by atoms with E-state index in [2.05, 4.69) is 4.74 Å².